The van der Waals surface area contributed by atoms with Gasteiger partial charge in [-0.25, -0.2) is 0 Å². The average Bonchev–Trinajstić information content (AvgIpc) is 2.85. The van der Waals surface area contributed by atoms with Crippen molar-refractivity contribution in [2.24, 2.45) is 0 Å². The molecule has 1 aliphatic carbocycles. The average molecular weight is 234 g/mol. The Morgan fingerprint density at radius 1 is 1.00 bits per heavy atom. The van der Waals surface area contributed by atoms with Crippen molar-refractivity contribution in [3.8, 4) is 17.2 Å². The molecule has 0 saturated heterocycles. The smallest absolute Gasteiger partial charge is 0.0998 e. The van der Waals surface area contributed by atoms with Crippen LogP contribution in [0.4, 0.5) is 5.69 Å². The van der Waals surface area contributed by atoms with E-state index in [0.29, 0.717) is 11.3 Å². The van der Waals surface area contributed by atoms with Crippen molar-refractivity contribution in [1.29, 1.82) is 5.26 Å². The second kappa shape index (κ2) is 4.19. The fourth-order valence-corrected chi connectivity index (χ4v) is 2.64. The molecule has 0 aliphatic heterocycles. The predicted octanol–water partition coefficient (Wildman–Crippen LogP) is 3.30. The molecule has 1 aliphatic rings. The summed E-state index contributed by atoms with van der Waals surface area (Å²) in [5, 5.41) is 9.17. The van der Waals surface area contributed by atoms with Crippen LogP contribution in [0.1, 0.15) is 23.1 Å². The van der Waals surface area contributed by atoms with Gasteiger partial charge in [0.15, 0.2) is 0 Å². The molecule has 3 rings (SSSR count). The van der Waals surface area contributed by atoms with Gasteiger partial charge in [0.05, 0.1) is 11.6 Å². The minimum absolute atomic E-state index is 0.683. The molecule has 0 saturated carbocycles. The Morgan fingerprint density at radius 2 is 1.83 bits per heavy atom. The summed E-state index contributed by atoms with van der Waals surface area (Å²) in [5.41, 5.74) is 12.1. The van der Waals surface area contributed by atoms with Crippen LogP contribution in [0.2, 0.25) is 0 Å². The lowest BCUT2D eigenvalue weighted by Crippen LogP contribution is -1.91. The standard InChI is InChI=1S/C16H14N2/c17-10-14-6-7-15(18)9-16(14)13-5-4-11-2-1-3-12(11)8-13/h4-9H,1-3,18H2. The molecule has 0 radical (unpaired) electrons. The van der Waals surface area contributed by atoms with Crippen LogP contribution in [0.15, 0.2) is 36.4 Å². The summed E-state index contributed by atoms with van der Waals surface area (Å²) < 4.78 is 0. The Kier molecular flexibility index (Phi) is 2.53. The van der Waals surface area contributed by atoms with E-state index < -0.39 is 0 Å². The number of anilines is 1. The van der Waals surface area contributed by atoms with Gasteiger partial charge in [-0.1, -0.05) is 18.2 Å². The summed E-state index contributed by atoms with van der Waals surface area (Å²) in [6, 6.07) is 14.2. The number of fused-ring (bicyclic) bond motifs is 1. The van der Waals surface area contributed by atoms with Crippen LogP contribution in [-0.2, 0) is 12.8 Å². The highest BCUT2D eigenvalue weighted by Crippen LogP contribution is 2.30. The van der Waals surface area contributed by atoms with Crippen LogP contribution >= 0.6 is 0 Å². The molecule has 0 spiro atoms. The number of nitrogens with two attached hydrogens (primary N) is 1. The zero-order valence-electron chi connectivity index (χ0n) is 10.1. The largest absolute Gasteiger partial charge is 0.399 e. The van der Waals surface area contributed by atoms with Crippen LogP contribution in [0.3, 0.4) is 0 Å². The van der Waals surface area contributed by atoms with Crippen molar-refractivity contribution in [3.05, 3.63) is 53.1 Å². The van der Waals surface area contributed by atoms with Gasteiger partial charge in [0, 0.05) is 11.3 Å². The molecule has 0 atom stereocenters. The second-order valence-electron chi connectivity index (χ2n) is 4.75. The number of benzene rings is 2. The molecule has 18 heavy (non-hydrogen) atoms. The van der Waals surface area contributed by atoms with Crippen molar-refractivity contribution < 1.29 is 0 Å². The van der Waals surface area contributed by atoms with Crippen LogP contribution < -0.4 is 5.73 Å². The fraction of sp³-hybridized carbons (Fsp3) is 0.188. The summed E-state index contributed by atoms with van der Waals surface area (Å²) in [5.74, 6) is 0. The SMILES string of the molecule is N#Cc1ccc(N)cc1-c1ccc2c(c1)CCC2. The Bertz CT molecular complexity index is 651. The van der Waals surface area contributed by atoms with E-state index in [-0.39, 0.29) is 0 Å². The molecule has 0 aromatic heterocycles. The van der Waals surface area contributed by atoms with Gasteiger partial charge in [-0.3, -0.25) is 0 Å². The predicted molar refractivity (Wildman–Crippen MR) is 73.0 cm³/mol. The molecular weight excluding hydrogens is 220 g/mol. The summed E-state index contributed by atoms with van der Waals surface area (Å²) in [6.45, 7) is 0. The Morgan fingerprint density at radius 3 is 2.67 bits per heavy atom. The molecule has 0 bridgehead atoms. The highest BCUT2D eigenvalue weighted by Gasteiger charge is 2.13. The lowest BCUT2D eigenvalue weighted by molar-refractivity contribution is 0.912. The van der Waals surface area contributed by atoms with Crippen LogP contribution in [0, 0.1) is 11.3 Å². The number of aryl methyl sites for hydroxylation is 2. The first-order valence-electron chi connectivity index (χ1n) is 6.20. The van der Waals surface area contributed by atoms with E-state index >= 15 is 0 Å². The Labute approximate surface area is 107 Å². The maximum atomic E-state index is 9.17. The molecule has 2 N–H and O–H groups in total. The molecule has 2 aromatic rings. The molecule has 0 heterocycles. The lowest BCUT2D eigenvalue weighted by atomic mass is 9.96. The molecule has 0 fully saturated rings. The van der Waals surface area contributed by atoms with Crippen molar-refractivity contribution in [1.82, 2.24) is 0 Å². The molecule has 2 heteroatoms. The van der Waals surface area contributed by atoms with E-state index in [4.69, 9.17) is 5.73 Å². The molecule has 2 nitrogen and oxygen atoms in total. The summed E-state index contributed by atoms with van der Waals surface area (Å²) >= 11 is 0. The number of hydrogen-bond acceptors (Lipinski definition) is 2. The van der Waals surface area contributed by atoms with Crippen LogP contribution in [-0.4, -0.2) is 0 Å². The third-order valence-corrected chi connectivity index (χ3v) is 3.57. The van der Waals surface area contributed by atoms with E-state index in [2.05, 4.69) is 24.3 Å². The van der Waals surface area contributed by atoms with Crippen molar-refractivity contribution in [2.75, 3.05) is 5.73 Å². The zero-order valence-corrected chi connectivity index (χ0v) is 10.1. The zero-order chi connectivity index (χ0) is 12.5. The minimum Gasteiger partial charge on any atom is -0.399 e. The summed E-state index contributed by atoms with van der Waals surface area (Å²) in [7, 11) is 0. The Balaban J connectivity index is 2.15. The Hall–Kier alpha value is -2.27. The first kappa shape index (κ1) is 10.9. The van der Waals surface area contributed by atoms with E-state index in [1.54, 1.807) is 12.1 Å². The highest BCUT2D eigenvalue weighted by atomic mass is 14.5. The van der Waals surface area contributed by atoms with Crippen LogP contribution in [0.5, 0.6) is 0 Å². The van der Waals surface area contributed by atoms with Crippen molar-refractivity contribution in [2.45, 2.75) is 19.3 Å². The number of rotatable bonds is 1. The third kappa shape index (κ3) is 1.74. The van der Waals surface area contributed by atoms with Gasteiger partial charge < -0.3 is 5.73 Å². The maximum absolute atomic E-state index is 9.17. The quantitative estimate of drug-likeness (QED) is 0.770. The molecule has 88 valence electrons. The molecular formula is C16H14N2. The minimum atomic E-state index is 0.683. The molecule has 0 unspecified atom stereocenters. The summed E-state index contributed by atoms with van der Waals surface area (Å²) in [6.07, 6.45) is 3.56. The van der Waals surface area contributed by atoms with Gasteiger partial charge >= 0.3 is 0 Å². The first-order valence-corrected chi connectivity index (χ1v) is 6.20. The van der Waals surface area contributed by atoms with E-state index in [1.165, 1.54) is 24.0 Å². The third-order valence-electron chi connectivity index (χ3n) is 3.57. The van der Waals surface area contributed by atoms with Gasteiger partial charge in [0.1, 0.15) is 0 Å². The molecule has 2 aromatic carbocycles. The monoisotopic (exact) mass is 234 g/mol. The van der Waals surface area contributed by atoms with Gasteiger partial charge in [-0.2, -0.15) is 5.26 Å². The first-order chi connectivity index (χ1) is 8.78. The summed E-state index contributed by atoms with van der Waals surface area (Å²) in [4.78, 5) is 0. The van der Waals surface area contributed by atoms with Gasteiger partial charge in [0.25, 0.3) is 0 Å². The van der Waals surface area contributed by atoms with E-state index in [0.717, 1.165) is 17.5 Å². The van der Waals surface area contributed by atoms with E-state index in [1.807, 2.05) is 6.07 Å². The number of hydrogen-bond donors (Lipinski definition) is 1. The van der Waals surface area contributed by atoms with Crippen molar-refractivity contribution in [3.63, 3.8) is 0 Å². The molecule has 0 amide bonds. The van der Waals surface area contributed by atoms with Gasteiger partial charge in [0.2, 0.25) is 0 Å². The number of nitrogen functional groups attached to an aromatic ring is 1. The van der Waals surface area contributed by atoms with Crippen molar-refractivity contribution >= 4 is 5.69 Å². The van der Waals surface area contributed by atoms with E-state index in [9.17, 15) is 5.26 Å². The fourth-order valence-electron chi connectivity index (χ4n) is 2.64. The number of nitrogens with zero attached hydrogens (tertiary/aromatic N) is 1. The normalized spacial score (nSPS) is 13.1. The highest BCUT2D eigenvalue weighted by molar-refractivity contribution is 5.74. The maximum Gasteiger partial charge on any atom is 0.0998 e. The lowest BCUT2D eigenvalue weighted by Gasteiger charge is -2.08. The van der Waals surface area contributed by atoms with Gasteiger partial charge in [-0.15, -0.1) is 0 Å². The second-order valence-corrected chi connectivity index (χ2v) is 4.75. The number of nitriles is 1. The van der Waals surface area contributed by atoms with Crippen LogP contribution in [0.25, 0.3) is 11.1 Å². The topological polar surface area (TPSA) is 49.8 Å². The van der Waals surface area contributed by atoms with Gasteiger partial charge in [-0.05, 0) is 54.2 Å².